The molecule has 1 aliphatic rings. The van der Waals surface area contributed by atoms with E-state index in [9.17, 15) is 0 Å². The van der Waals surface area contributed by atoms with E-state index in [1.165, 1.54) is 6.42 Å². The zero-order valence-electron chi connectivity index (χ0n) is 10.5. The summed E-state index contributed by atoms with van der Waals surface area (Å²) in [6.07, 6.45) is 4.66. The van der Waals surface area contributed by atoms with Crippen LogP contribution in [0.25, 0.3) is 0 Å². The molecule has 0 spiro atoms. The second-order valence-electron chi connectivity index (χ2n) is 5.24. The van der Waals surface area contributed by atoms with Gasteiger partial charge in [-0.25, -0.2) is 0 Å². The van der Waals surface area contributed by atoms with E-state index in [0.717, 1.165) is 38.3 Å². The van der Waals surface area contributed by atoms with Crippen molar-refractivity contribution in [2.75, 3.05) is 33.8 Å². The van der Waals surface area contributed by atoms with Crippen LogP contribution in [-0.2, 0) is 4.74 Å². The summed E-state index contributed by atoms with van der Waals surface area (Å²) in [5.41, 5.74) is 5.84. The Labute approximate surface area is 94.0 Å². The van der Waals surface area contributed by atoms with Crippen molar-refractivity contribution in [2.45, 2.75) is 38.2 Å². The Morgan fingerprint density at radius 1 is 1.47 bits per heavy atom. The Morgan fingerprint density at radius 3 is 2.67 bits per heavy atom. The van der Waals surface area contributed by atoms with Crippen LogP contribution in [0.5, 0.6) is 0 Å². The van der Waals surface area contributed by atoms with Crippen molar-refractivity contribution in [3.8, 4) is 0 Å². The van der Waals surface area contributed by atoms with Gasteiger partial charge in [-0.15, -0.1) is 0 Å². The number of rotatable bonds is 6. The summed E-state index contributed by atoms with van der Waals surface area (Å²) in [5.74, 6) is 0.780. The quantitative estimate of drug-likeness (QED) is 0.681. The molecule has 1 fully saturated rings. The molecule has 0 saturated heterocycles. The van der Waals surface area contributed by atoms with Crippen molar-refractivity contribution >= 4 is 0 Å². The Balaban J connectivity index is 2.22. The number of ether oxygens (including phenoxy) is 1. The Kier molecular flexibility index (Phi) is 5.03. The van der Waals surface area contributed by atoms with Gasteiger partial charge in [0.15, 0.2) is 0 Å². The molecule has 0 aromatic heterocycles. The maximum Gasteiger partial charge on any atom is 0.0806 e. The average molecular weight is 214 g/mol. The third-order valence-electron chi connectivity index (χ3n) is 3.34. The SMILES string of the molecule is CC1CCC(CN)(OCCCN(C)C)C1. The first-order valence-corrected chi connectivity index (χ1v) is 6.07. The summed E-state index contributed by atoms with van der Waals surface area (Å²) in [5, 5.41) is 0. The fourth-order valence-corrected chi connectivity index (χ4v) is 2.39. The maximum atomic E-state index is 6.01. The summed E-state index contributed by atoms with van der Waals surface area (Å²) in [6, 6.07) is 0. The first kappa shape index (κ1) is 12.9. The monoisotopic (exact) mass is 214 g/mol. The highest BCUT2D eigenvalue weighted by Gasteiger charge is 2.36. The van der Waals surface area contributed by atoms with Crippen LogP contribution in [0.4, 0.5) is 0 Å². The third kappa shape index (κ3) is 4.09. The molecule has 0 radical (unpaired) electrons. The molecular formula is C12H26N2O. The molecule has 0 amide bonds. The molecule has 1 rings (SSSR count). The molecule has 3 heteroatoms. The highest BCUT2D eigenvalue weighted by Crippen LogP contribution is 2.36. The normalized spacial score (nSPS) is 31.4. The second kappa shape index (κ2) is 5.83. The van der Waals surface area contributed by atoms with Crippen molar-refractivity contribution in [1.29, 1.82) is 0 Å². The molecule has 0 heterocycles. The Hall–Kier alpha value is -0.120. The summed E-state index contributed by atoms with van der Waals surface area (Å²) in [6.45, 7) is 4.91. The molecule has 0 aromatic carbocycles. The fourth-order valence-electron chi connectivity index (χ4n) is 2.39. The van der Waals surface area contributed by atoms with Crippen LogP contribution >= 0.6 is 0 Å². The molecule has 90 valence electrons. The number of hydrogen-bond donors (Lipinski definition) is 1. The molecule has 0 aliphatic heterocycles. The molecule has 2 atom stereocenters. The Bertz CT molecular complexity index is 184. The molecule has 15 heavy (non-hydrogen) atoms. The molecule has 2 unspecified atom stereocenters. The molecule has 1 aliphatic carbocycles. The van der Waals surface area contributed by atoms with Gasteiger partial charge in [0.05, 0.1) is 5.60 Å². The first-order chi connectivity index (χ1) is 7.08. The van der Waals surface area contributed by atoms with E-state index in [1.54, 1.807) is 0 Å². The maximum absolute atomic E-state index is 6.01. The summed E-state index contributed by atoms with van der Waals surface area (Å²) in [7, 11) is 4.19. The molecular weight excluding hydrogens is 188 g/mol. The predicted molar refractivity (Wildman–Crippen MR) is 63.9 cm³/mol. The van der Waals surface area contributed by atoms with Crippen LogP contribution in [0.3, 0.4) is 0 Å². The first-order valence-electron chi connectivity index (χ1n) is 6.07. The number of nitrogens with two attached hydrogens (primary N) is 1. The average Bonchev–Trinajstić information content (AvgIpc) is 2.56. The molecule has 0 aromatic rings. The van der Waals surface area contributed by atoms with Gasteiger partial charge in [-0.2, -0.15) is 0 Å². The van der Waals surface area contributed by atoms with Gasteiger partial charge in [0.1, 0.15) is 0 Å². The van der Waals surface area contributed by atoms with Gasteiger partial charge >= 0.3 is 0 Å². The lowest BCUT2D eigenvalue weighted by Gasteiger charge is -2.28. The molecule has 2 N–H and O–H groups in total. The predicted octanol–water partition coefficient (Wildman–Crippen LogP) is 1.47. The summed E-state index contributed by atoms with van der Waals surface area (Å²) < 4.78 is 6.01. The van der Waals surface area contributed by atoms with E-state index in [4.69, 9.17) is 10.5 Å². The van der Waals surface area contributed by atoms with Crippen LogP contribution in [0.2, 0.25) is 0 Å². The van der Waals surface area contributed by atoms with Gasteiger partial charge in [0.2, 0.25) is 0 Å². The topological polar surface area (TPSA) is 38.5 Å². The van der Waals surface area contributed by atoms with Crippen molar-refractivity contribution in [3.63, 3.8) is 0 Å². The van der Waals surface area contributed by atoms with Gasteiger partial charge < -0.3 is 15.4 Å². The minimum atomic E-state index is 0.00568. The lowest BCUT2D eigenvalue weighted by Crippen LogP contribution is -2.38. The van der Waals surface area contributed by atoms with E-state index in [2.05, 4.69) is 25.9 Å². The van der Waals surface area contributed by atoms with Crippen LogP contribution < -0.4 is 5.73 Å². The van der Waals surface area contributed by atoms with Crippen molar-refractivity contribution in [3.05, 3.63) is 0 Å². The fraction of sp³-hybridized carbons (Fsp3) is 1.00. The van der Waals surface area contributed by atoms with Gasteiger partial charge in [-0.1, -0.05) is 6.92 Å². The molecule has 0 bridgehead atoms. The van der Waals surface area contributed by atoms with Gasteiger partial charge in [-0.3, -0.25) is 0 Å². The third-order valence-corrected chi connectivity index (χ3v) is 3.34. The van der Waals surface area contributed by atoms with Crippen LogP contribution in [0.1, 0.15) is 32.6 Å². The Morgan fingerprint density at radius 2 is 2.20 bits per heavy atom. The molecule has 1 saturated carbocycles. The molecule has 3 nitrogen and oxygen atoms in total. The zero-order valence-corrected chi connectivity index (χ0v) is 10.5. The highest BCUT2D eigenvalue weighted by molar-refractivity contribution is 4.90. The standard InChI is InChI=1S/C12H26N2O/c1-11-5-6-12(9-11,10-13)15-8-4-7-14(2)3/h11H,4-10,13H2,1-3H3. The zero-order chi connectivity index (χ0) is 11.3. The van der Waals surface area contributed by atoms with Gasteiger partial charge in [0, 0.05) is 13.2 Å². The largest absolute Gasteiger partial charge is 0.374 e. The number of nitrogens with zero attached hydrogens (tertiary/aromatic N) is 1. The second-order valence-corrected chi connectivity index (χ2v) is 5.24. The van der Waals surface area contributed by atoms with E-state index in [1.807, 2.05) is 0 Å². The van der Waals surface area contributed by atoms with Crippen molar-refractivity contribution < 1.29 is 4.74 Å². The van der Waals surface area contributed by atoms with Crippen molar-refractivity contribution in [2.24, 2.45) is 11.7 Å². The van der Waals surface area contributed by atoms with Crippen LogP contribution in [-0.4, -0.2) is 44.3 Å². The van der Waals surface area contributed by atoms with E-state index in [0.29, 0.717) is 6.54 Å². The van der Waals surface area contributed by atoms with Crippen molar-refractivity contribution in [1.82, 2.24) is 4.90 Å². The minimum absolute atomic E-state index is 0.00568. The van der Waals surface area contributed by atoms with E-state index < -0.39 is 0 Å². The lowest BCUT2D eigenvalue weighted by molar-refractivity contribution is -0.0381. The minimum Gasteiger partial charge on any atom is -0.374 e. The smallest absolute Gasteiger partial charge is 0.0806 e. The van der Waals surface area contributed by atoms with Crippen LogP contribution in [0.15, 0.2) is 0 Å². The van der Waals surface area contributed by atoms with Gasteiger partial charge in [0.25, 0.3) is 0 Å². The van der Waals surface area contributed by atoms with E-state index >= 15 is 0 Å². The summed E-state index contributed by atoms with van der Waals surface area (Å²) >= 11 is 0. The summed E-state index contributed by atoms with van der Waals surface area (Å²) in [4.78, 5) is 2.19. The lowest BCUT2D eigenvalue weighted by atomic mass is 10.0. The van der Waals surface area contributed by atoms with Gasteiger partial charge in [-0.05, 0) is 52.2 Å². The highest BCUT2D eigenvalue weighted by atomic mass is 16.5. The van der Waals surface area contributed by atoms with Crippen LogP contribution in [0, 0.1) is 5.92 Å². The van der Waals surface area contributed by atoms with E-state index in [-0.39, 0.29) is 5.60 Å². The number of hydrogen-bond acceptors (Lipinski definition) is 3.